The molecule has 1 aromatic carbocycles. The fourth-order valence-corrected chi connectivity index (χ4v) is 1.44. The molecule has 0 spiro atoms. The van der Waals surface area contributed by atoms with Crippen LogP contribution in [0.3, 0.4) is 0 Å². The molecule has 2 N–H and O–H groups in total. The van der Waals surface area contributed by atoms with Crippen molar-refractivity contribution < 1.29 is 4.79 Å². The first-order valence-corrected chi connectivity index (χ1v) is 5.69. The van der Waals surface area contributed by atoms with Crippen LogP contribution in [-0.4, -0.2) is 5.78 Å². The Kier molecular flexibility index (Phi) is 3.96. The van der Waals surface area contributed by atoms with Crippen LogP contribution >= 0.6 is 0 Å². The Balaban J connectivity index is 2.85. The first-order valence-electron chi connectivity index (χ1n) is 5.69. The fourth-order valence-electron chi connectivity index (χ4n) is 1.44. The molecule has 0 atom stereocenters. The molecular formula is C15H19NO. The number of benzene rings is 1. The zero-order valence-electron chi connectivity index (χ0n) is 10.9. The van der Waals surface area contributed by atoms with Crippen molar-refractivity contribution in [2.45, 2.75) is 34.1 Å². The van der Waals surface area contributed by atoms with Crippen LogP contribution in [0.2, 0.25) is 0 Å². The standard InChI is InChI=1S/C15H19NO/c1-11-5-8-14(16)12(9-11)6-7-13(17)10-15(2,3)4/h5,8-9H,10,16H2,1-4H3. The van der Waals surface area contributed by atoms with E-state index < -0.39 is 0 Å². The Labute approximate surface area is 103 Å². The molecule has 0 aliphatic heterocycles. The number of anilines is 1. The number of Topliss-reactive ketones (excluding diaryl/α,β-unsaturated/α-hetero) is 1. The average molecular weight is 229 g/mol. The van der Waals surface area contributed by atoms with Crippen molar-refractivity contribution in [2.75, 3.05) is 5.73 Å². The van der Waals surface area contributed by atoms with E-state index >= 15 is 0 Å². The van der Waals surface area contributed by atoms with Gasteiger partial charge in [0, 0.05) is 17.7 Å². The van der Waals surface area contributed by atoms with Crippen LogP contribution in [0.1, 0.15) is 38.3 Å². The molecule has 2 heteroatoms. The van der Waals surface area contributed by atoms with Gasteiger partial charge in [-0.3, -0.25) is 4.79 Å². The molecule has 90 valence electrons. The summed E-state index contributed by atoms with van der Waals surface area (Å²) in [7, 11) is 0. The number of aryl methyl sites for hydroxylation is 1. The maximum absolute atomic E-state index is 11.6. The van der Waals surface area contributed by atoms with Gasteiger partial charge in [-0.05, 0) is 36.0 Å². The Morgan fingerprint density at radius 3 is 2.59 bits per heavy atom. The fraction of sp³-hybridized carbons (Fsp3) is 0.400. The highest BCUT2D eigenvalue weighted by atomic mass is 16.1. The van der Waals surface area contributed by atoms with Gasteiger partial charge in [0.15, 0.2) is 0 Å². The summed E-state index contributed by atoms with van der Waals surface area (Å²) >= 11 is 0. The number of hydrogen-bond donors (Lipinski definition) is 1. The van der Waals surface area contributed by atoms with E-state index in [4.69, 9.17) is 5.73 Å². The molecule has 0 unspecified atom stereocenters. The molecule has 2 nitrogen and oxygen atoms in total. The zero-order valence-corrected chi connectivity index (χ0v) is 10.9. The number of carbonyl (C=O) groups excluding carboxylic acids is 1. The maximum atomic E-state index is 11.6. The molecule has 0 amide bonds. The van der Waals surface area contributed by atoms with Crippen molar-refractivity contribution in [3.05, 3.63) is 29.3 Å². The van der Waals surface area contributed by atoms with E-state index in [1.165, 1.54) is 0 Å². The first kappa shape index (κ1) is 13.3. The summed E-state index contributed by atoms with van der Waals surface area (Å²) < 4.78 is 0. The van der Waals surface area contributed by atoms with Crippen LogP contribution in [0.25, 0.3) is 0 Å². The van der Waals surface area contributed by atoms with Crippen molar-refractivity contribution >= 4 is 11.5 Å². The first-order chi connectivity index (χ1) is 7.78. The molecule has 0 fully saturated rings. The maximum Gasteiger partial charge on any atom is 0.206 e. The third kappa shape index (κ3) is 4.74. The largest absolute Gasteiger partial charge is 0.398 e. The SMILES string of the molecule is Cc1ccc(N)c(C#CC(=O)CC(C)(C)C)c1. The van der Waals surface area contributed by atoms with Gasteiger partial charge >= 0.3 is 0 Å². The number of ketones is 1. The van der Waals surface area contributed by atoms with Gasteiger partial charge < -0.3 is 5.73 Å². The molecule has 0 saturated carbocycles. The predicted octanol–water partition coefficient (Wildman–Crippen LogP) is 2.93. The number of nitrogen functional groups attached to an aromatic ring is 1. The summed E-state index contributed by atoms with van der Waals surface area (Å²) in [6, 6.07) is 5.64. The van der Waals surface area contributed by atoms with Crippen molar-refractivity contribution in [2.24, 2.45) is 5.41 Å². The highest BCUT2D eigenvalue weighted by Gasteiger charge is 2.14. The molecule has 0 bridgehead atoms. The molecule has 0 aromatic heterocycles. The third-order valence-corrected chi connectivity index (χ3v) is 2.24. The molecule has 0 aliphatic carbocycles. The molecule has 0 saturated heterocycles. The van der Waals surface area contributed by atoms with Gasteiger partial charge in [0.2, 0.25) is 5.78 Å². The van der Waals surface area contributed by atoms with Crippen LogP contribution in [0.4, 0.5) is 5.69 Å². The van der Waals surface area contributed by atoms with E-state index in [0.29, 0.717) is 12.1 Å². The summed E-state index contributed by atoms with van der Waals surface area (Å²) in [5.41, 5.74) is 8.20. The van der Waals surface area contributed by atoms with Crippen molar-refractivity contribution in [1.82, 2.24) is 0 Å². The number of rotatable bonds is 1. The summed E-state index contributed by atoms with van der Waals surface area (Å²) in [6.07, 6.45) is 0.464. The third-order valence-electron chi connectivity index (χ3n) is 2.24. The second kappa shape index (κ2) is 5.05. The smallest absolute Gasteiger partial charge is 0.206 e. The van der Waals surface area contributed by atoms with Gasteiger partial charge in [0.25, 0.3) is 0 Å². The summed E-state index contributed by atoms with van der Waals surface area (Å²) in [5, 5.41) is 0. The van der Waals surface area contributed by atoms with Crippen LogP contribution in [0.5, 0.6) is 0 Å². The summed E-state index contributed by atoms with van der Waals surface area (Å²) in [4.78, 5) is 11.6. The van der Waals surface area contributed by atoms with E-state index in [2.05, 4.69) is 11.8 Å². The van der Waals surface area contributed by atoms with Gasteiger partial charge in [-0.1, -0.05) is 32.8 Å². The second-order valence-corrected chi connectivity index (χ2v) is 5.50. The number of carbonyl (C=O) groups is 1. The lowest BCUT2D eigenvalue weighted by atomic mass is 9.90. The summed E-state index contributed by atoms with van der Waals surface area (Å²) in [5.74, 6) is 5.46. The van der Waals surface area contributed by atoms with E-state index in [-0.39, 0.29) is 11.2 Å². The minimum atomic E-state index is -0.0431. The normalized spacial score (nSPS) is 10.6. The van der Waals surface area contributed by atoms with E-state index in [9.17, 15) is 4.79 Å². The van der Waals surface area contributed by atoms with Gasteiger partial charge in [-0.2, -0.15) is 0 Å². The van der Waals surface area contributed by atoms with Crippen LogP contribution in [0, 0.1) is 24.2 Å². The van der Waals surface area contributed by atoms with Crippen LogP contribution < -0.4 is 5.73 Å². The molecule has 1 rings (SSSR count). The van der Waals surface area contributed by atoms with E-state index in [1.54, 1.807) is 0 Å². The van der Waals surface area contributed by atoms with Gasteiger partial charge in [-0.15, -0.1) is 0 Å². The Morgan fingerprint density at radius 1 is 1.35 bits per heavy atom. The lowest BCUT2D eigenvalue weighted by molar-refractivity contribution is -0.115. The highest BCUT2D eigenvalue weighted by Crippen LogP contribution is 2.18. The Hall–Kier alpha value is -1.75. The van der Waals surface area contributed by atoms with Gasteiger partial charge in [0.05, 0.1) is 0 Å². The van der Waals surface area contributed by atoms with Crippen molar-refractivity contribution in [3.8, 4) is 11.8 Å². The zero-order chi connectivity index (χ0) is 13.1. The Bertz CT molecular complexity index is 484. The van der Waals surface area contributed by atoms with Crippen molar-refractivity contribution in [3.63, 3.8) is 0 Å². The van der Waals surface area contributed by atoms with Crippen LogP contribution in [-0.2, 0) is 4.79 Å². The van der Waals surface area contributed by atoms with Gasteiger partial charge in [0.1, 0.15) is 0 Å². The number of nitrogens with two attached hydrogens (primary N) is 1. The minimum Gasteiger partial charge on any atom is -0.398 e. The van der Waals surface area contributed by atoms with Crippen molar-refractivity contribution in [1.29, 1.82) is 0 Å². The lowest BCUT2D eigenvalue weighted by Crippen LogP contribution is -2.11. The monoisotopic (exact) mass is 229 g/mol. The minimum absolute atomic E-state index is 0.0239. The summed E-state index contributed by atoms with van der Waals surface area (Å²) in [6.45, 7) is 8.04. The molecule has 0 heterocycles. The van der Waals surface area contributed by atoms with E-state index in [1.807, 2.05) is 45.9 Å². The molecule has 17 heavy (non-hydrogen) atoms. The molecule has 0 radical (unpaired) electrons. The molecule has 0 aliphatic rings. The topological polar surface area (TPSA) is 43.1 Å². The molecular weight excluding hydrogens is 210 g/mol. The number of hydrogen-bond acceptors (Lipinski definition) is 2. The van der Waals surface area contributed by atoms with E-state index in [0.717, 1.165) is 11.1 Å². The molecule has 1 aromatic rings. The van der Waals surface area contributed by atoms with Gasteiger partial charge in [-0.25, -0.2) is 0 Å². The highest BCUT2D eigenvalue weighted by molar-refractivity contribution is 5.96. The predicted molar refractivity (Wildman–Crippen MR) is 71.5 cm³/mol. The lowest BCUT2D eigenvalue weighted by Gasteiger charge is -2.14. The second-order valence-electron chi connectivity index (χ2n) is 5.50. The average Bonchev–Trinajstić information content (AvgIpc) is 2.17. The quantitative estimate of drug-likeness (QED) is 0.594. The Morgan fingerprint density at radius 2 is 2.00 bits per heavy atom. The van der Waals surface area contributed by atoms with Crippen LogP contribution in [0.15, 0.2) is 18.2 Å².